The fourth-order valence-corrected chi connectivity index (χ4v) is 4.12. The van der Waals surface area contributed by atoms with Crippen molar-refractivity contribution in [3.63, 3.8) is 0 Å². The predicted octanol–water partition coefficient (Wildman–Crippen LogP) is 5.62. The zero-order chi connectivity index (χ0) is 22.9. The minimum atomic E-state index is -1.92. The molecule has 170 valence electrons. The van der Waals surface area contributed by atoms with E-state index in [4.69, 9.17) is 9.16 Å². The highest BCUT2D eigenvalue weighted by Gasteiger charge is 2.39. The van der Waals surface area contributed by atoms with Crippen LogP contribution in [0, 0.1) is 0 Å². The van der Waals surface area contributed by atoms with Crippen LogP contribution in [0.3, 0.4) is 0 Å². The molecule has 0 saturated heterocycles. The number of hydrogen-bond acceptors (Lipinski definition) is 4. The van der Waals surface area contributed by atoms with E-state index in [2.05, 4.69) is 46.9 Å². The molecule has 0 heterocycles. The molecule has 0 unspecified atom stereocenters. The lowest BCUT2D eigenvalue weighted by molar-refractivity contribution is -0.0578. The van der Waals surface area contributed by atoms with E-state index in [1.807, 2.05) is 50.3 Å². The Morgan fingerprint density at radius 2 is 1.70 bits per heavy atom. The van der Waals surface area contributed by atoms with Gasteiger partial charge in [0.1, 0.15) is 12.2 Å². The maximum absolute atomic E-state index is 10.7. The van der Waals surface area contributed by atoms with Gasteiger partial charge in [-0.2, -0.15) is 0 Å². The average molecular weight is 435 g/mol. The van der Waals surface area contributed by atoms with Crippen LogP contribution in [0.1, 0.15) is 53.5 Å². The normalized spacial score (nSPS) is 17.0. The summed E-state index contributed by atoms with van der Waals surface area (Å²) in [5, 5.41) is 20.6. The van der Waals surface area contributed by atoms with E-state index in [0.717, 1.165) is 11.1 Å². The van der Waals surface area contributed by atoms with E-state index in [1.54, 1.807) is 0 Å². The van der Waals surface area contributed by atoms with Crippen molar-refractivity contribution in [1.29, 1.82) is 0 Å². The monoisotopic (exact) mass is 434 g/mol. The standard InChI is InChI=1S/C25H42O4Si/c1-9-19(2)22(29-30(7,8)25(4,5)6)16-15-20(3)24(27)23(17-26)28-18-21-13-11-10-12-14-21/h9-15,22-24,26-27H,16-18H2,1-8H3/b19-9-,20-15+/t22-,23-,24-/m1/s1. The fraction of sp³-hybridized carbons (Fsp3) is 0.600. The second-order valence-electron chi connectivity index (χ2n) is 9.55. The largest absolute Gasteiger partial charge is 0.410 e. The molecule has 30 heavy (non-hydrogen) atoms. The van der Waals surface area contributed by atoms with Crippen LogP contribution in [0.4, 0.5) is 0 Å². The number of aliphatic hydroxyl groups excluding tert-OH is 2. The van der Waals surface area contributed by atoms with Crippen molar-refractivity contribution >= 4 is 8.32 Å². The first-order valence-electron chi connectivity index (χ1n) is 10.8. The molecule has 1 aromatic rings. The zero-order valence-corrected chi connectivity index (χ0v) is 21.1. The van der Waals surface area contributed by atoms with E-state index in [1.165, 1.54) is 5.57 Å². The molecule has 0 spiro atoms. The molecule has 1 aromatic carbocycles. The third-order valence-corrected chi connectivity index (χ3v) is 10.7. The van der Waals surface area contributed by atoms with E-state index in [9.17, 15) is 10.2 Å². The molecule has 0 fully saturated rings. The SMILES string of the molecule is C/C=C(/C)[C@@H](C/C=C(\C)[C@@H](O)[C@@H](CO)OCc1ccccc1)O[Si](C)(C)C(C)(C)C. The topological polar surface area (TPSA) is 58.9 Å². The van der Waals surface area contributed by atoms with Crippen LogP contribution in [0.2, 0.25) is 18.1 Å². The average Bonchev–Trinajstić information content (AvgIpc) is 2.70. The van der Waals surface area contributed by atoms with E-state index < -0.39 is 20.5 Å². The maximum Gasteiger partial charge on any atom is 0.192 e. The molecule has 0 saturated carbocycles. The molecule has 0 aliphatic carbocycles. The van der Waals surface area contributed by atoms with Crippen molar-refractivity contribution in [2.24, 2.45) is 0 Å². The molecule has 0 aliphatic rings. The third kappa shape index (κ3) is 8.12. The molecule has 0 bridgehead atoms. The van der Waals surface area contributed by atoms with Crippen molar-refractivity contribution < 1.29 is 19.4 Å². The number of aliphatic hydroxyl groups is 2. The van der Waals surface area contributed by atoms with Gasteiger partial charge >= 0.3 is 0 Å². The Morgan fingerprint density at radius 1 is 1.10 bits per heavy atom. The summed E-state index contributed by atoms with van der Waals surface area (Å²) in [6, 6.07) is 9.77. The molecular weight excluding hydrogens is 392 g/mol. The van der Waals surface area contributed by atoms with Gasteiger partial charge in [-0.15, -0.1) is 0 Å². The Balaban J connectivity index is 2.83. The highest BCUT2D eigenvalue weighted by Crippen LogP contribution is 2.38. The lowest BCUT2D eigenvalue weighted by Gasteiger charge is -2.39. The van der Waals surface area contributed by atoms with E-state index in [-0.39, 0.29) is 17.7 Å². The summed E-state index contributed by atoms with van der Waals surface area (Å²) in [6.45, 7) is 17.3. The van der Waals surface area contributed by atoms with E-state index in [0.29, 0.717) is 13.0 Å². The van der Waals surface area contributed by atoms with Crippen LogP contribution in [0.5, 0.6) is 0 Å². The van der Waals surface area contributed by atoms with Crippen molar-refractivity contribution in [1.82, 2.24) is 0 Å². The van der Waals surface area contributed by atoms with Crippen LogP contribution >= 0.6 is 0 Å². The highest BCUT2D eigenvalue weighted by atomic mass is 28.4. The molecule has 3 atom stereocenters. The van der Waals surface area contributed by atoms with Crippen molar-refractivity contribution in [2.75, 3.05) is 6.61 Å². The Hall–Kier alpha value is -1.24. The van der Waals surface area contributed by atoms with Gasteiger partial charge in [0.05, 0.1) is 19.3 Å². The molecule has 1 rings (SSSR count). The third-order valence-electron chi connectivity index (χ3n) is 6.17. The van der Waals surface area contributed by atoms with Crippen LogP contribution < -0.4 is 0 Å². The van der Waals surface area contributed by atoms with Gasteiger partial charge in [-0.25, -0.2) is 0 Å². The Morgan fingerprint density at radius 3 is 2.20 bits per heavy atom. The minimum Gasteiger partial charge on any atom is -0.410 e. The maximum atomic E-state index is 10.7. The van der Waals surface area contributed by atoms with Crippen molar-refractivity contribution in [3.8, 4) is 0 Å². The lowest BCUT2D eigenvalue weighted by atomic mass is 10.0. The van der Waals surface area contributed by atoms with Gasteiger partial charge in [0.2, 0.25) is 0 Å². The summed E-state index contributed by atoms with van der Waals surface area (Å²) in [7, 11) is -1.92. The molecule has 5 heteroatoms. The van der Waals surface area contributed by atoms with Crippen LogP contribution in [0.15, 0.2) is 53.6 Å². The van der Waals surface area contributed by atoms with Crippen LogP contribution in [-0.2, 0) is 15.8 Å². The number of rotatable bonds is 11. The summed E-state index contributed by atoms with van der Waals surface area (Å²) in [4.78, 5) is 0. The van der Waals surface area contributed by atoms with Crippen molar-refractivity contribution in [2.45, 2.75) is 91.0 Å². The molecule has 0 radical (unpaired) electrons. The first kappa shape index (κ1) is 26.8. The highest BCUT2D eigenvalue weighted by molar-refractivity contribution is 6.74. The number of benzene rings is 1. The molecule has 0 aromatic heterocycles. The van der Waals surface area contributed by atoms with E-state index >= 15 is 0 Å². The Kier molecular flexibility index (Phi) is 10.7. The summed E-state index contributed by atoms with van der Waals surface area (Å²) < 4.78 is 12.4. The van der Waals surface area contributed by atoms with Crippen molar-refractivity contribution in [3.05, 3.63) is 59.2 Å². The predicted molar refractivity (Wildman–Crippen MR) is 128 cm³/mol. The van der Waals surface area contributed by atoms with Gasteiger partial charge in [0.15, 0.2) is 8.32 Å². The summed E-state index contributed by atoms with van der Waals surface area (Å²) in [5.41, 5.74) is 2.99. The quantitative estimate of drug-likeness (QED) is 0.351. The second-order valence-corrected chi connectivity index (χ2v) is 14.3. The van der Waals surface area contributed by atoms with Gasteiger partial charge in [0.25, 0.3) is 0 Å². The molecule has 0 aliphatic heterocycles. The first-order chi connectivity index (χ1) is 13.9. The fourth-order valence-electron chi connectivity index (χ4n) is 2.77. The van der Waals surface area contributed by atoms with Gasteiger partial charge in [-0.1, -0.05) is 63.3 Å². The summed E-state index contributed by atoms with van der Waals surface area (Å²) in [5.74, 6) is 0. The first-order valence-corrected chi connectivity index (χ1v) is 13.8. The minimum absolute atomic E-state index is 0.0177. The number of ether oxygens (including phenoxy) is 1. The van der Waals surface area contributed by atoms with Crippen LogP contribution in [-0.4, -0.2) is 43.4 Å². The lowest BCUT2D eigenvalue weighted by Crippen LogP contribution is -2.44. The smallest absolute Gasteiger partial charge is 0.192 e. The molecule has 4 nitrogen and oxygen atoms in total. The van der Waals surface area contributed by atoms with Gasteiger partial charge in [-0.3, -0.25) is 0 Å². The number of allylic oxidation sites excluding steroid dienone is 1. The summed E-state index contributed by atoms with van der Waals surface area (Å²) in [6.07, 6.45) is 3.25. The molecular formula is C25H42O4Si. The zero-order valence-electron chi connectivity index (χ0n) is 20.1. The summed E-state index contributed by atoms with van der Waals surface area (Å²) >= 11 is 0. The van der Waals surface area contributed by atoms with Gasteiger partial charge < -0.3 is 19.4 Å². The Bertz CT molecular complexity index is 689. The Labute approximate surface area is 184 Å². The number of hydrogen-bond donors (Lipinski definition) is 2. The molecule has 2 N–H and O–H groups in total. The van der Waals surface area contributed by atoms with Gasteiger partial charge in [-0.05, 0) is 62.0 Å². The second kappa shape index (κ2) is 12.0. The van der Waals surface area contributed by atoms with Crippen LogP contribution in [0.25, 0.3) is 0 Å². The molecule has 0 amide bonds. The van der Waals surface area contributed by atoms with Gasteiger partial charge in [0, 0.05) is 0 Å².